The van der Waals surface area contributed by atoms with Crippen LogP contribution in [0.15, 0.2) is 0 Å². The van der Waals surface area contributed by atoms with E-state index in [2.05, 4.69) is 4.74 Å². The molecule has 0 aromatic rings. The Morgan fingerprint density at radius 2 is 1.83 bits per heavy atom. The molecule has 1 fully saturated rings. The molecule has 1 aliphatic rings. The first-order valence-corrected chi connectivity index (χ1v) is 5.29. The highest BCUT2D eigenvalue weighted by molar-refractivity contribution is 5.75. The number of nitrogens with two attached hydrogens (primary N) is 1. The van der Waals surface area contributed by atoms with Crippen LogP contribution in [-0.2, 0) is 14.3 Å². The van der Waals surface area contributed by atoms with Crippen LogP contribution in [0.25, 0.3) is 0 Å². The second-order valence-corrected chi connectivity index (χ2v) is 3.92. The average Bonchev–Trinajstić information content (AvgIpc) is 2.38. The monoisotopic (exact) mass is 267 g/mol. The summed E-state index contributed by atoms with van der Waals surface area (Å²) < 4.78 is 9.53. The number of hydrogen-bond acceptors (Lipinski definition) is 9. The molecule has 9 heteroatoms. The number of rotatable bonds is 4. The van der Waals surface area contributed by atoms with Gasteiger partial charge in [-0.15, -0.1) is 0 Å². The first kappa shape index (κ1) is 15.2. The Hall–Kier alpha value is -0.810. The second kappa shape index (κ2) is 6.38. The van der Waals surface area contributed by atoms with Crippen molar-refractivity contribution in [3.8, 4) is 0 Å². The number of ether oxygens (including phenoxy) is 2. The van der Waals surface area contributed by atoms with E-state index >= 15 is 0 Å². The molecule has 0 saturated carbocycles. The number of aliphatic hydroxyl groups is 5. The maximum Gasteiger partial charge on any atom is 0.327 e. The molecule has 0 aromatic carbocycles. The van der Waals surface area contributed by atoms with Crippen molar-refractivity contribution < 1.29 is 39.8 Å². The molecular formula is C9H17NO8. The molecule has 0 aromatic heterocycles. The van der Waals surface area contributed by atoms with Gasteiger partial charge in [-0.1, -0.05) is 0 Å². The zero-order valence-corrected chi connectivity index (χ0v) is 9.42. The minimum atomic E-state index is -1.68. The molecule has 7 N–H and O–H groups in total. The van der Waals surface area contributed by atoms with Crippen molar-refractivity contribution >= 4 is 5.97 Å². The SMILES string of the molecule is N[C@@H](CO)C(=O)OC1O[C@H](CO)[C@H](O)[C@H](O)[C@H]1O. The molecule has 1 unspecified atom stereocenters. The fourth-order valence-electron chi connectivity index (χ4n) is 1.44. The smallest absolute Gasteiger partial charge is 0.327 e. The van der Waals surface area contributed by atoms with Gasteiger partial charge in [-0.05, 0) is 0 Å². The van der Waals surface area contributed by atoms with Crippen molar-refractivity contribution in [2.45, 2.75) is 36.7 Å². The normalized spacial score (nSPS) is 38.2. The van der Waals surface area contributed by atoms with Crippen molar-refractivity contribution in [2.24, 2.45) is 5.73 Å². The number of esters is 1. The van der Waals surface area contributed by atoms with E-state index in [1.807, 2.05) is 0 Å². The van der Waals surface area contributed by atoms with Gasteiger partial charge in [0.2, 0.25) is 6.29 Å². The number of carbonyl (C=O) groups excluding carboxylic acids is 1. The van der Waals surface area contributed by atoms with Crippen molar-refractivity contribution in [1.82, 2.24) is 0 Å². The van der Waals surface area contributed by atoms with Gasteiger partial charge in [0.15, 0.2) is 0 Å². The van der Waals surface area contributed by atoms with Crippen LogP contribution in [0, 0.1) is 0 Å². The standard InChI is InChI=1S/C9H17NO8/c10-3(1-11)8(16)18-9-7(15)6(14)5(13)4(2-12)17-9/h3-7,9,11-15H,1-2,10H2/t3-,4+,5-,6-,7+,9?/m0/s1. The molecule has 106 valence electrons. The van der Waals surface area contributed by atoms with Crippen LogP contribution in [0.4, 0.5) is 0 Å². The highest BCUT2D eigenvalue weighted by Gasteiger charge is 2.45. The van der Waals surface area contributed by atoms with Crippen LogP contribution in [0.3, 0.4) is 0 Å². The van der Waals surface area contributed by atoms with Gasteiger partial charge in [0, 0.05) is 0 Å². The summed E-state index contributed by atoms with van der Waals surface area (Å²) in [6, 6.07) is -1.31. The first-order chi connectivity index (χ1) is 8.42. The van der Waals surface area contributed by atoms with Gasteiger partial charge in [-0.3, -0.25) is 4.79 Å². The molecule has 1 heterocycles. The van der Waals surface area contributed by atoms with Crippen molar-refractivity contribution in [3.63, 3.8) is 0 Å². The summed E-state index contributed by atoms with van der Waals surface area (Å²) in [7, 11) is 0. The Morgan fingerprint density at radius 1 is 1.22 bits per heavy atom. The lowest BCUT2D eigenvalue weighted by atomic mass is 9.99. The summed E-state index contributed by atoms with van der Waals surface area (Å²) in [5.41, 5.74) is 5.19. The van der Waals surface area contributed by atoms with Gasteiger partial charge < -0.3 is 40.7 Å². The number of hydrogen-bond donors (Lipinski definition) is 6. The van der Waals surface area contributed by atoms with Gasteiger partial charge in [-0.25, -0.2) is 0 Å². The Kier molecular flexibility index (Phi) is 5.41. The van der Waals surface area contributed by atoms with Crippen molar-refractivity contribution in [3.05, 3.63) is 0 Å². The molecule has 1 aliphatic heterocycles. The van der Waals surface area contributed by atoms with E-state index in [1.165, 1.54) is 0 Å². The molecule has 0 radical (unpaired) electrons. The molecule has 6 atom stereocenters. The molecule has 0 spiro atoms. The highest BCUT2D eigenvalue weighted by Crippen LogP contribution is 2.22. The summed E-state index contributed by atoms with van der Waals surface area (Å²) in [6.45, 7) is -1.29. The first-order valence-electron chi connectivity index (χ1n) is 5.29. The Balaban J connectivity index is 2.67. The van der Waals surface area contributed by atoms with E-state index in [0.29, 0.717) is 0 Å². The van der Waals surface area contributed by atoms with Crippen LogP contribution in [0.1, 0.15) is 0 Å². The third-order valence-electron chi connectivity index (χ3n) is 2.58. The van der Waals surface area contributed by atoms with E-state index in [-0.39, 0.29) is 0 Å². The van der Waals surface area contributed by atoms with E-state index in [9.17, 15) is 20.1 Å². The summed E-state index contributed by atoms with van der Waals surface area (Å²) in [5.74, 6) is -1.04. The number of aliphatic hydroxyl groups excluding tert-OH is 5. The van der Waals surface area contributed by atoms with Gasteiger partial charge in [-0.2, -0.15) is 0 Å². The molecule has 0 aliphatic carbocycles. The Labute approximate surface area is 102 Å². The number of carbonyl (C=O) groups is 1. The Bertz CT molecular complexity index is 286. The summed E-state index contributed by atoms with van der Waals surface area (Å²) in [6.07, 6.45) is -7.61. The predicted octanol–water partition coefficient (Wildman–Crippen LogP) is -4.35. The second-order valence-electron chi connectivity index (χ2n) is 3.92. The molecule has 1 rings (SSSR count). The predicted molar refractivity (Wildman–Crippen MR) is 54.9 cm³/mol. The molecule has 0 amide bonds. The lowest BCUT2D eigenvalue weighted by Gasteiger charge is -2.39. The third kappa shape index (κ3) is 3.14. The molecule has 18 heavy (non-hydrogen) atoms. The van der Waals surface area contributed by atoms with Crippen LogP contribution in [0.5, 0.6) is 0 Å². The largest absolute Gasteiger partial charge is 0.432 e. The van der Waals surface area contributed by atoms with Crippen LogP contribution >= 0.6 is 0 Å². The minimum absolute atomic E-state index is 0.634. The fraction of sp³-hybridized carbons (Fsp3) is 0.889. The highest BCUT2D eigenvalue weighted by atomic mass is 16.7. The van der Waals surface area contributed by atoms with E-state index in [4.69, 9.17) is 20.7 Å². The van der Waals surface area contributed by atoms with Gasteiger partial charge in [0.05, 0.1) is 13.2 Å². The quantitative estimate of drug-likeness (QED) is 0.276. The van der Waals surface area contributed by atoms with Crippen molar-refractivity contribution in [2.75, 3.05) is 13.2 Å². The maximum absolute atomic E-state index is 11.3. The fourth-order valence-corrected chi connectivity index (χ4v) is 1.44. The summed E-state index contributed by atoms with van der Waals surface area (Å²) >= 11 is 0. The van der Waals surface area contributed by atoms with Gasteiger partial charge in [0.1, 0.15) is 30.5 Å². The van der Waals surface area contributed by atoms with E-state index < -0.39 is 55.9 Å². The third-order valence-corrected chi connectivity index (χ3v) is 2.58. The molecular weight excluding hydrogens is 250 g/mol. The van der Waals surface area contributed by atoms with E-state index in [1.54, 1.807) is 0 Å². The minimum Gasteiger partial charge on any atom is -0.432 e. The molecule has 1 saturated heterocycles. The van der Waals surface area contributed by atoms with Crippen LogP contribution in [0.2, 0.25) is 0 Å². The summed E-state index contributed by atoms with van der Waals surface area (Å²) in [5, 5.41) is 45.9. The van der Waals surface area contributed by atoms with Crippen molar-refractivity contribution in [1.29, 1.82) is 0 Å². The van der Waals surface area contributed by atoms with Crippen LogP contribution < -0.4 is 5.73 Å². The Morgan fingerprint density at radius 3 is 2.33 bits per heavy atom. The topological polar surface area (TPSA) is 163 Å². The van der Waals surface area contributed by atoms with E-state index in [0.717, 1.165) is 0 Å². The average molecular weight is 267 g/mol. The van der Waals surface area contributed by atoms with Crippen LogP contribution in [-0.4, -0.2) is 81.5 Å². The lowest BCUT2D eigenvalue weighted by molar-refractivity contribution is -0.293. The van der Waals surface area contributed by atoms with Gasteiger partial charge >= 0.3 is 5.97 Å². The van der Waals surface area contributed by atoms with Gasteiger partial charge in [0.25, 0.3) is 0 Å². The molecule has 0 bridgehead atoms. The molecule has 9 nitrogen and oxygen atoms in total. The lowest BCUT2D eigenvalue weighted by Crippen LogP contribution is -2.60. The maximum atomic E-state index is 11.3. The summed E-state index contributed by atoms with van der Waals surface area (Å²) in [4.78, 5) is 11.3. The zero-order valence-electron chi connectivity index (χ0n) is 9.42. The zero-order chi connectivity index (χ0) is 13.9.